The molecule has 1 saturated heterocycles. The Hall–Kier alpha value is -3.12. The molecule has 5 rings (SSSR count). The van der Waals surface area contributed by atoms with Gasteiger partial charge in [-0.1, -0.05) is 12.1 Å². The Morgan fingerprint density at radius 2 is 1.79 bits per heavy atom. The summed E-state index contributed by atoms with van der Waals surface area (Å²) in [5.74, 6) is 1.03. The maximum Gasteiger partial charge on any atom is 0.156 e. The van der Waals surface area contributed by atoms with Crippen LogP contribution in [-0.4, -0.2) is 37.6 Å². The summed E-state index contributed by atoms with van der Waals surface area (Å²) in [5, 5.41) is 4.79. The van der Waals surface area contributed by atoms with Gasteiger partial charge in [0.1, 0.15) is 5.82 Å². The molecule has 0 N–H and O–H groups in total. The van der Waals surface area contributed by atoms with Crippen LogP contribution in [-0.2, 0) is 6.54 Å². The van der Waals surface area contributed by atoms with Crippen molar-refractivity contribution in [3.8, 4) is 11.1 Å². The normalized spacial score (nSPS) is 17.6. The number of aromatic nitrogens is 4. The van der Waals surface area contributed by atoms with Crippen LogP contribution in [0, 0.1) is 5.82 Å². The van der Waals surface area contributed by atoms with Crippen LogP contribution >= 0.6 is 0 Å². The van der Waals surface area contributed by atoms with Crippen LogP contribution in [0.2, 0.25) is 0 Å². The predicted octanol–water partition coefficient (Wildman–Crippen LogP) is 4.31. The highest BCUT2D eigenvalue weighted by Gasteiger charge is 2.24. The van der Waals surface area contributed by atoms with Crippen LogP contribution in [0.1, 0.15) is 30.1 Å². The van der Waals surface area contributed by atoms with E-state index in [4.69, 9.17) is 10.1 Å². The number of benzene rings is 1. The van der Waals surface area contributed by atoms with Crippen molar-refractivity contribution < 1.29 is 4.39 Å². The molecule has 1 fully saturated rings. The van der Waals surface area contributed by atoms with Gasteiger partial charge in [0.05, 0.1) is 0 Å². The largest absolute Gasteiger partial charge is 0.298 e. The molecule has 6 heteroatoms. The Bertz CT molecular complexity index is 1110. The predicted molar refractivity (Wildman–Crippen MR) is 110 cm³/mol. The topological polar surface area (TPSA) is 46.3 Å². The maximum absolute atomic E-state index is 13.2. The zero-order chi connectivity index (χ0) is 19.6. The fourth-order valence-corrected chi connectivity index (χ4v) is 4.05. The van der Waals surface area contributed by atoms with Crippen molar-refractivity contribution >= 4 is 5.65 Å². The molecule has 0 unspecified atom stereocenters. The molecule has 29 heavy (non-hydrogen) atoms. The van der Waals surface area contributed by atoms with Gasteiger partial charge in [-0.15, -0.1) is 0 Å². The average Bonchev–Trinajstić information content (AvgIpc) is 3.20. The molecule has 0 saturated carbocycles. The highest BCUT2D eigenvalue weighted by atomic mass is 19.1. The number of hydrogen-bond donors (Lipinski definition) is 0. The number of likely N-dealkylation sites (tertiary alicyclic amines) is 1. The Morgan fingerprint density at radius 3 is 2.62 bits per heavy atom. The minimum atomic E-state index is -0.190. The second-order valence-electron chi connectivity index (χ2n) is 7.63. The molecule has 0 aliphatic carbocycles. The summed E-state index contributed by atoms with van der Waals surface area (Å²) in [6, 6.07) is 14.9. The fourth-order valence-electron chi connectivity index (χ4n) is 4.05. The molecule has 1 aliphatic heterocycles. The van der Waals surface area contributed by atoms with Gasteiger partial charge in [0.2, 0.25) is 0 Å². The maximum atomic E-state index is 13.2. The van der Waals surface area contributed by atoms with Crippen molar-refractivity contribution in [2.45, 2.75) is 25.3 Å². The zero-order valence-corrected chi connectivity index (χ0v) is 16.1. The molecule has 5 nitrogen and oxygen atoms in total. The first-order valence-electron chi connectivity index (χ1n) is 9.98. The number of rotatable bonds is 4. The SMILES string of the molecule is Fc1ccc(CN2CCC[C@H](c3nc4ccc(-c5ccncc5)cn4n3)C2)cc1. The molecule has 0 radical (unpaired) electrons. The van der Waals surface area contributed by atoms with Gasteiger partial charge in [-0.2, -0.15) is 5.10 Å². The van der Waals surface area contributed by atoms with E-state index in [0.29, 0.717) is 5.92 Å². The smallest absolute Gasteiger partial charge is 0.156 e. The first-order chi connectivity index (χ1) is 14.2. The third-order valence-electron chi connectivity index (χ3n) is 5.55. The number of hydrogen-bond acceptors (Lipinski definition) is 4. The van der Waals surface area contributed by atoms with Gasteiger partial charge in [0, 0.05) is 43.2 Å². The number of fused-ring (bicyclic) bond motifs is 1. The van der Waals surface area contributed by atoms with Crippen molar-refractivity contribution in [3.05, 3.63) is 84.3 Å². The van der Waals surface area contributed by atoms with Gasteiger partial charge in [-0.05, 0) is 66.9 Å². The molecule has 4 heterocycles. The molecule has 4 aromatic rings. The third-order valence-corrected chi connectivity index (χ3v) is 5.55. The van der Waals surface area contributed by atoms with Crippen molar-refractivity contribution in [2.24, 2.45) is 0 Å². The summed E-state index contributed by atoms with van der Waals surface area (Å²) < 4.78 is 15.0. The highest BCUT2D eigenvalue weighted by Crippen LogP contribution is 2.27. The number of pyridine rings is 2. The van der Waals surface area contributed by atoms with Gasteiger partial charge < -0.3 is 0 Å². The van der Waals surface area contributed by atoms with E-state index < -0.39 is 0 Å². The standard InChI is InChI=1S/C23H22FN5/c24-21-6-3-17(4-7-21)14-28-13-1-2-20(15-28)23-26-22-8-5-19(16-29(22)27-23)18-9-11-25-12-10-18/h3-12,16,20H,1-2,13-15H2/t20-/m0/s1. The van der Waals surface area contributed by atoms with E-state index in [1.807, 2.05) is 41.0 Å². The Labute approximate surface area is 168 Å². The van der Waals surface area contributed by atoms with Crippen molar-refractivity contribution in [3.63, 3.8) is 0 Å². The van der Waals surface area contributed by atoms with E-state index >= 15 is 0 Å². The van der Waals surface area contributed by atoms with Crippen LogP contribution in [0.5, 0.6) is 0 Å². The molecule has 0 amide bonds. The van der Waals surface area contributed by atoms with Crippen LogP contribution < -0.4 is 0 Å². The van der Waals surface area contributed by atoms with Crippen LogP contribution in [0.25, 0.3) is 16.8 Å². The molecule has 0 bridgehead atoms. The lowest BCUT2D eigenvalue weighted by atomic mass is 9.97. The van der Waals surface area contributed by atoms with Gasteiger partial charge in [0.15, 0.2) is 11.5 Å². The lowest BCUT2D eigenvalue weighted by Crippen LogP contribution is -2.34. The molecule has 1 aliphatic rings. The summed E-state index contributed by atoms with van der Waals surface area (Å²) in [6.07, 6.45) is 7.83. The lowest BCUT2D eigenvalue weighted by Gasteiger charge is -2.31. The van der Waals surface area contributed by atoms with Crippen LogP contribution in [0.3, 0.4) is 0 Å². The van der Waals surface area contributed by atoms with E-state index in [1.54, 1.807) is 12.4 Å². The van der Waals surface area contributed by atoms with Gasteiger partial charge >= 0.3 is 0 Å². The quantitative estimate of drug-likeness (QED) is 0.524. The molecule has 0 spiro atoms. The minimum Gasteiger partial charge on any atom is -0.298 e. The van der Waals surface area contributed by atoms with E-state index in [1.165, 1.54) is 12.1 Å². The summed E-state index contributed by atoms with van der Waals surface area (Å²) in [4.78, 5) is 11.3. The highest BCUT2D eigenvalue weighted by molar-refractivity contribution is 5.63. The van der Waals surface area contributed by atoms with Crippen LogP contribution in [0.4, 0.5) is 4.39 Å². The summed E-state index contributed by atoms with van der Waals surface area (Å²) >= 11 is 0. The van der Waals surface area contributed by atoms with Crippen molar-refractivity contribution in [2.75, 3.05) is 13.1 Å². The third kappa shape index (κ3) is 3.89. The van der Waals surface area contributed by atoms with Gasteiger partial charge in [-0.25, -0.2) is 13.9 Å². The van der Waals surface area contributed by atoms with Crippen molar-refractivity contribution in [1.29, 1.82) is 0 Å². The van der Waals surface area contributed by atoms with E-state index in [2.05, 4.69) is 16.0 Å². The molecule has 1 atom stereocenters. The first-order valence-corrected chi connectivity index (χ1v) is 9.98. The first kappa shape index (κ1) is 17.9. The van der Waals surface area contributed by atoms with E-state index in [9.17, 15) is 4.39 Å². The van der Waals surface area contributed by atoms with Crippen molar-refractivity contribution in [1.82, 2.24) is 24.5 Å². The van der Waals surface area contributed by atoms with E-state index in [-0.39, 0.29) is 5.82 Å². The monoisotopic (exact) mass is 387 g/mol. The minimum absolute atomic E-state index is 0.190. The number of piperidine rings is 1. The van der Waals surface area contributed by atoms with Gasteiger partial charge in [0.25, 0.3) is 0 Å². The molecule has 3 aromatic heterocycles. The molecule has 1 aromatic carbocycles. The average molecular weight is 387 g/mol. The Balaban J connectivity index is 1.35. The van der Waals surface area contributed by atoms with E-state index in [0.717, 1.165) is 60.6 Å². The lowest BCUT2D eigenvalue weighted by molar-refractivity contribution is 0.196. The molecule has 146 valence electrons. The number of halogens is 1. The zero-order valence-electron chi connectivity index (χ0n) is 16.1. The Kier molecular flexibility index (Phi) is 4.77. The summed E-state index contributed by atoms with van der Waals surface area (Å²) in [7, 11) is 0. The fraction of sp³-hybridized carbons (Fsp3) is 0.261. The van der Waals surface area contributed by atoms with Gasteiger partial charge in [-0.3, -0.25) is 9.88 Å². The Morgan fingerprint density at radius 1 is 0.966 bits per heavy atom. The summed E-state index contributed by atoms with van der Waals surface area (Å²) in [6.45, 7) is 2.80. The molecular weight excluding hydrogens is 365 g/mol. The second kappa shape index (κ2) is 7.72. The van der Waals surface area contributed by atoms with Crippen LogP contribution in [0.15, 0.2) is 67.1 Å². The number of nitrogens with zero attached hydrogens (tertiary/aromatic N) is 5. The summed E-state index contributed by atoms with van der Waals surface area (Å²) in [5.41, 5.74) is 4.21. The second-order valence-corrected chi connectivity index (χ2v) is 7.63. The molecular formula is C23H22FN5.